The second-order valence-electron chi connectivity index (χ2n) is 2.94. The van der Waals surface area contributed by atoms with Crippen LogP contribution in [0.5, 0.6) is 0 Å². The third kappa shape index (κ3) is 2.61. The summed E-state index contributed by atoms with van der Waals surface area (Å²) >= 11 is 0. The molecule has 5 nitrogen and oxygen atoms in total. The van der Waals surface area contributed by atoms with E-state index < -0.39 is 0 Å². The first-order chi connectivity index (χ1) is 6.13. The molecule has 1 unspecified atom stereocenters. The molecule has 0 saturated carbocycles. The summed E-state index contributed by atoms with van der Waals surface area (Å²) in [6, 6.07) is 0. The lowest BCUT2D eigenvalue weighted by Gasteiger charge is -2.14. The van der Waals surface area contributed by atoms with Crippen molar-refractivity contribution in [2.45, 2.75) is 19.4 Å². The van der Waals surface area contributed by atoms with Gasteiger partial charge in [-0.3, -0.25) is 4.79 Å². The summed E-state index contributed by atoms with van der Waals surface area (Å²) in [4.78, 5) is 23.1. The first kappa shape index (κ1) is 9.83. The highest BCUT2D eigenvalue weighted by Crippen LogP contribution is 2.13. The number of ether oxygens (including phenoxy) is 2. The Labute approximate surface area is 76.6 Å². The van der Waals surface area contributed by atoms with E-state index >= 15 is 0 Å². The van der Waals surface area contributed by atoms with Crippen LogP contribution in [0.4, 0.5) is 4.79 Å². The minimum Gasteiger partial charge on any atom is -0.461 e. The lowest BCUT2D eigenvalue weighted by molar-refractivity contribution is -0.145. The van der Waals surface area contributed by atoms with E-state index in [1.54, 1.807) is 0 Å². The quantitative estimate of drug-likeness (QED) is 0.557. The smallest absolute Gasteiger partial charge is 0.409 e. The van der Waals surface area contributed by atoms with Gasteiger partial charge in [-0.1, -0.05) is 0 Å². The van der Waals surface area contributed by atoms with Crippen LogP contribution < -0.4 is 0 Å². The summed E-state index contributed by atoms with van der Waals surface area (Å²) in [5.41, 5.74) is 0. The molecule has 0 aromatic heterocycles. The molecule has 13 heavy (non-hydrogen) atoms. The van der Waals surface area contributed by atoms with E-state index in [1.807, 2.05) is 0 Å². The monoisotopic (exact) mass is 187 g/mol. The SMILES string of the molecule is COC(=O)N1CCC(OC(C)=O)C1. The lowest BCUT2D eigenvalue weighted by atomic mass is 10.3. The standard InChI is InChI=1S/C8H13NO4/c1-6(10)13-7-3-4-9(5-7)8(11)12-2/h7H,3-5H2,1-2H3. The highest BCUT2D eigenvalue weighted by Gasteiger charge is 2.28. The molecule has 1 fully saturated rings. The van der Waals surface area contributed by atoms with Gasteiger partial charge in [-0.2, -0.15) is 0 Å². The van der Waals surface area contributed by atoms with Gasteiger partial charge in [0.1, 0.15) is 6.10 Å². The van der Waals surface area contributed by atoms with Gasteiger partial charge in [0.15, 0.2) is 0 Å². The number of methoxy groups -OCH3 is 1. The fraction of sp³-hybridized carbons (Fsp3) is 0.750. The van der Waals surface area contributed by atoms with Crippen molar-refractivity contribution in [3.63, 3.8) is 0 Å². The van der Waals surface area contributed by atoms with Crippen molar-refractivity contribution in [2.24, 2.45) is 0 Å². The minimum absolute atomic E-state index is 0.170. The Morgan fingerprint density at radius 3 is 2.69 bits per heavy atom. The highest BCUT2D eigenvalue weighted by molar-refractivity contribution is 5.68. The van der Waals surface area contributed by atoms with Gasteiger partial charge in [0, 0.05) is 19.9 Å². The minimum atomic E-state index is -0.366. The Morgan fingerprint density at radius 1 is 1.46 bits per heavy atom. The number of carbonyl (C=O) groups is 2. The number of likely N-dealkylation sites (tertiary alicyclic amines) is 1. The third-order valence-electron chi connectivity index (χ3n) is 1.91. The molecule has 1 aliphatic heterocycles. The summed E-state index contributed by atoms with van der Waals surface area (Å²) in [5, 5.41) is 0. The van der Waals surface area contributed by atoms with Crippen LogP contribution in [0.1, 0.15) is 13.3 Å². The summed E-state index contributed by atoms with van der Waals surface area (Å²) in [6.45, 7) is 2.39. The van der Waals surface area contributed by atoms with Gasteiger partial charge in [0.05, 0.1) is 13.7 Å². The largest absolute Gasteiger partial charge is 0.461 e. The molecule has 5 heteroatoms. The third-order valence-corrected chi connectivity index (χ3v) is 1.91. The van der Waals surface area contributed by atoms with E-state index in [-0.39, 0.29) is 18.2 Å². The second-order valence-corrected chi connectivity index (χ2v) is 2.94. The van der Waals surface area contributed by atoms with E-state index in [0.29, 0.717) is 19.5 Å². The Kier molecular flexibility index (Phi) is 3.11. The van der Waals surface area contributed by atoms with Gasteiger partial charge in [-0.25, -0.2) is 4.79 Å². The number of rotatable bonds is 1. The van der Waals surface area contributed by atoms with Crippen LogP contribution in [0.25, 0.3) is 0 Å². The van der Waals surface area contributed by atoms with E-state index in [2.05, 4.69) is 4.74 Å². The van der Waals surface area contributed by atoms with Gasteiger partial charge >= 0.3 is 12.1 Å². The fourth-order valence-corrected chi connectivity index (χ4v) is 1.35. The molecule has 1 atom stereocenters. The van der Waals surface area contributed by atoms with Crippen molar-refractivity contribution >= 4 is 12.1 Å². The zero-order chi connectivity index (χ0) is 9.84. The van der Waals surface area contributed by atoms with E-state index in [9.17, 15) is 9.59 Å². The number of hydrogen-bond donors (Lipinski definition) is 0. The first-order valence-electron chi connectivity index (χ1n) is 4.13. The maximum atomic E-state index is 11.0. The zero-order valence-electron chi connectivity index (χ0n) is 7.78. The average Bonchev–Trinajstić information content (AvgIpc) is 2.50. The van der Waals surface area contributed by atoms with Crippen molar-refractivity contribution in [1.29, 1.82) is 0 Å². The summed E-state index contributed by atoms with van der Waals surface area (Å²) in [6.07, 6.45) is 0.153. The van der Waals surface area contributed by atoms with Crippen LogP contribution in [0, 0.1) is 0 Å². The van der Waals surface area contributed by atoms with E-state index in [0.717, 1.165) is 0 Å². The van der Waals surface area contributed by atoms with Crippen molar-refractivity contribution in [1.82, 2.24) is 4.90 Å². The molecule has 1 rings (SSSR count). The molecule has 0 bridgehead atoms. The summed E-state index contributed by atoms with van der Waals surface area (Å²) in [5.74, 6) is -0.309. The van der Waals surface area contributed by atoms with Crippen molar-refractivity contribution in [3.05, 3.63) is 0 Å². The number of amides is 1. The predicted octanol–water partition coefficient (Wildman–Crippen LogP) is 0.390. The summed E-state index contributed by atoms with van der Waals surface area (Å²) in [7, 11) is 1.33. The zero-order valence-corrected chi connectivity index (χ0v) is 7.78. The molecule has 0 aromatic carbocycles. The number of nitrogens with zero attached hydrogens (tertiary/aromatic N) is 1. The Morgan fingerprint density at radius 2 is 2.15 bits per heavy atom. The van der Waals surface area contributed by atoms with Gasteiger partial charge < -0.3 is 14.4 Å². The molecule has 0 spiro atoms. The van der Waals surface area contributed by atoms with Crippen molar-refractivity contribution < 1.29 is 19.1 Å². The Balaban J connectivity index is 2.36. The normalized spacial score (nSPS) is 21.4. The molecule has 0 radical (unpaired) electrons. The van der Waals surface area contributed by atoms with Crippen LogP contribution in [-0.4, -0.2) is 43.3 Å². The van der Waals surface area contributed by atoms with Crippen LogP contribution in [0.15, 0.2) is 0 Å². The number of esters is 1. The molecule has 1 heterocycles. The number of hydrogen-bond acceptors (Lipinski definition) is 4. The van der Waals surface area contributed by atoms with Crippen LogP contribution in [0.3, 0.4) is 0 Å². The molecule has 74 valence electrons. The lowest BCUT2D eigenvalue weighted by Crippen LogP contribution is -2.30. The fourth-order valence-electron chi connectivity index (χ4n) is 1.35. The van der Waals surface area contributed by atoms with Gasteiger partial charge in [0.25, 0.3) is 0 Å². The van der Waals surface area contributed by atoms with Gasteiger partial charge in [-0.15, -0.1) is 0 Å². The number of carbonyl (C=O) groups excluding carboxylic acids is 2. The molecular formula is C8H13NO4. The molecule has 1 amide bonds. The molecule has 0 aliphatic carbocycles. The van der Waals surface area contributed by atoms with Crippen LogP contribution in [0.2, 0.25) is 0 Å². The Hall–Kier alpha value is -1.26. The second kappa shape index (κ2) is 4.11. The Bertz CT molecular complexity index is 216. The maximum Gasteiger partial charge on any atom is 0.409 e. The molecule has 0 aromatic rings. The van der Waals surface area contributed by atoms with Crippen molar-refractivity contribution in [3.8, 4) is 0 Å². The molecular weight excluding hydrogens is 174 g/mol. The highest BCUT2D eigenvalue weighted by atomic mass is 16.6. The summed E-state index contributed by atoms with van der Waals surface area (Å²) < 4.78 is 9.48. The van der Waals surface area contributed by atoms with Gasteiger partial charge in [-0.05, 0) is 0 Å². The topological polar surface area (TPSA) is 55.8 Å². The van der Waals surface area contributed by atoms with Crippen LogP contribution in [-0.2, 0) is 14.3 Å². The van der Waals surface area contributed by atoms with E-state index in [4.69, 9.17) is 4.74 Å². The predicted molar refractivity (Wildman–Crippen MR) is 44.1 cm³/mol. The van der Waals surface area contributed by atoms with Crippen molar-refractivity contribution in [2.75, 3.05) is 20.2 Å². The van der Waals surface area contributed by atoms with Gasteiger partial charge in [0.2, 0.25) is 0 Å². The first-order valence-corrected chi connectivity index (χ1v) is 4.13. The molecule has 1 aliphatic rings. The maximum absolute atomic E-state index is 11.0. The van der Waals surface area contributed by atoms with E-state index in [1.165, 1.54) is 18.9 Å². The van der Waals surface area contributed by atoms with Crippen LogP contribution >= 0.6 is 0 Å². The molecule has 1 saturated heterocycles. The molecule has 0 N–H and O–H groups in total. The average molecular weight is 187 g/mol.